The zero-order valence-electron chi connectivity index (χ0n) is 6.82. The Morgan fingerprint density at radius 2 is 1.93 bits per heavy atom. The first-order chi connectivity index (χ1) is 6.61. The number of hydrogen-bond donors (Lipinski definition) is 0. The fraction of sp³-hybridized carbons (Fsp3) is 0.125. The Hall–Kier alpha value is -1.72. The van der Waals surface area contributed by atoms with E-state index in [2.05, 4.69) is 9.72 Å². The van der Waals surface area contributed by atoms with Gasteiger partial charge in [-0.05, 0) is 12.1 Å². The summed E-state index contributed by atoms with van der Waals surface area (Å²) < 4.78 is 42.7. The predicted molar refractivity (Wildman–Crippen MR) is 41.9 cm³/mol. The van der Waals surface area contributed by atoms with Crippen molar-refractivity contribution < 1.29 is 17.9 Å². The molecule has 0 bridgehead atoms. The van der Waals surface area contributed by atoms with Crippen molar-refractivity contribution in [3.8, 4) is 0 Å². The van der Waals surface area contributed by atoms with E-state index in [9.17, 15) is 13.2 Å². The van der Waals surface area contributed by atoms with E-state index in [0.717, 1.165) is 0 Å². The van der Waals surface area contributed by atoms with Gasteiger partial charge in [0.25, 0.3) is 0 Å². The maximum atomic E-state index is 12.9. The number of halogens is 3. The Balaban J connectivity index is 2.39. The highest BCUT2D eigenvalue weighted by Crippen LogP contribution is 2.37. The molecule has 0 aliphatic carbocycles. The molecule has 2 heterocycles. The third-order valence-electron chi connectivity index (χ3n) is 1.69. The Morgan fingerprint density at radius 1 is 1.29 bits per heavy atom. The van der Waals surface area contributed by atoms with Crippen molar-refractivity contribution in [2.75, 3.05) is 4.90 Å². The minimum Gasteiger partial charge on any atom is -0.418 e. The molecule has 0 N–H and O–H groups in total. The first-order valence-electron chi connectivity index (χ1n) is 3.73. The van der Waals surface area contributed by atoms with Gasteiger partial charge in [0, 0.05) is 12.4 Å². The van der Waals surface area contributed by atoms with Gasteiger partial charge >= 0.3 is 6.23 Å². The molecule has 1 aromatic rings. The summed E-state index contributed by atoms with van der Waals surface area (Å²) in [5.41, 5.74) is -0.0174. The van der Waals surface area contributed by atoms with Crippen molar-refractivity contribution in [3.63, 3.8) is 0 Å². The molecule has 0 amide bonds. The van der Waals surface area contributed by atoms with E-state index in [1.54, 1.807) is 0 Å². The fourth-order valence-corrected chi connectivity index (χ4v) is 1.12. The fourth-order valence-electron chi connectivity index (χ4n) is 1.12. The Bertz CT molecular complexity index is 366. The van der Waals surface area contributed by atoms with E-state index in [0.29, 0.717) is 6.26 Å². The average Bonchev–Trinajstić information content (AvgIpc) is 2.42. The Labute approximate surface area is 77.4 Å². The second-order valence-electron chi connectivity index (χ2n) is 2.59. The lowest BCUT2D eigenvalue weighted by molar-refractivity contribution is -0.186. The predicted octanol–water partition coefficient (Wildman–Crippen LogP) is 2.24. The lowest BCUT2D eigenvalue weighted by Crippen LogP contribution is -2.36. The van der Waals surface area contributed by atoms with Crippen LogP contribution in [0.5, 0.6) is 0 Å². The van der Waals surface area contributed by atoms with Crippen LogP contribution in [0.1, 0.15) is 0 Å². The molecule has 14 heavy (non-hydrogen) atoms. The summed E-state index contributed by atoms with van der Waals surface area (Å²) in [5.74, 6) is -1.14. The molecule has 0 aromatic carbocycles. The summed E-state index contributed by atoms with van der Waals surface area (Å²) in [6.07, 6.45) is -0.722. The van der Waals surface area contributed by atoms with Crippen LogP contribution < -0.4 is 4.90 Å². The molecule has 0 spiro atoms. The largest absolute Gasteiger partial charge is 0.502 e. The van der Waals surface area contributed by atoms with Crippen LogP contribution in [0.2, 0.25) is 0 Å². The number of hydrogen-bond acceptors (Lipinski definition) is 3. The molecule has 1 aromatic heterocycles. The second-order valence-corrected chi connectivity index (χ2v) is 2.59. The van der Waals surface area contributed by atoms with Gasteiger partial charge in [-0.1, -0.05) is 0 Å². The molecule has 6 heteroatoms. The summed E-state index contributed by atoms with van der Waals surface area (Å²) in [7, 11) is 0. The number of anilines is 1. The number of aromatic nitrogens is 1. The third kappa shape index (κ3) is 1.28. The maximum absolute atomic E-state index is 12.9. The molecule has 3 nitrogen and oxygen atoms in total. The van der Waals surface area contributed by atoms with Crippen LogP contribution in [0.4, 0.5) is 18.9 Å². The van der Waals surface area contributed by atoms with E-state index in [1.807, 2.05) is 0 Å². The van der Waals surface area contributed by atoms with E-state index in [-0.39, 0.29) is 10.6 Å². The molecular formula is C8H5F3N2O. The van der Waals surface area contributed by atoms with Gasteiger partial charge in [-0.15, -0.1) is 8.78 Å². The standard InChI is InChI=1S/C8H5F3N2O/c9-7-5-14-8(10,11)13(7)6-1-3-12-4-2-6/h1-5H. The Morgan fingerprint density at radius 3 is 2.43 bits per heavy atom. The summed E-state index contributed by atoms with van der Waals surface area (Å²) >= 11 is 0. The van der Waals surface area contributed by atoms with Gasteiger partial charge in [0.05, 0.1) is 5.69 Å². The Kier molecular flexibility index (Phi) is 1.83. The molecule has 1 aliphatic rings. The van der Waals surface area contributed by atoms with Gasteiger partial charge in [-0.2, -0.15) is 4.39 Å². The van der Waals surface area contributed by atoms with Gasteiger partial charge in [-0.25, -0.2) is 4.90 Å². The maximum Gasteiger partial charge on any atom is 0.502 e. The number of pyridine rings is 1. The van der Waals surface area contributed by atoms with Crippen molar-refractivity contribution in [1.29, 1.82) is 0 Å². The first-order valence-corrected chi connectivity index (χ1v) is 3.73. The molecule has 0 unspecified atom stereocenters. The van der Waals surface area contributed by atoms with E-state index < -0.39 is 12.2 Å². The third-order valence-corrected chi connectivity index (χ3v) is 1.69. The molecular weight excluding hydrogens is 197 g/mol. The number of nitrogens with zero attached hydrogens (tertiary/aromatic N) is 2. The van der Waals surface area contributed by atoms with E-state index in [4.69, 9.17) is 0 Å². The van der Waals surface area contributed by atoms with Crippen LogP contribution in [-0.2, 0) is 4.74 Å². The average molecular weight is 202 g/mol. The van der Waals surface area contributed by atoms with Crippen molar-refractivity contribution >= 4 is 5.69 Å². The van der Waals surface area contributed by atoms with E-state index in [1.165, 1.54) is 24.5 Å². The highest BCUT2D eigenvalue weighted by Gasteiger charge is 2.47. The van der Waals surface area contributed by atoms with Crippen LogP contribution in [0.15, 0.2) is 36.7 Å². The van der Waals surface area contributed by atoms with Crippen molar-refractivity contribution in [2.24, 2.45) is 0 Å². The molecule has 0 atom stereocenters. The zero-order valence-corrected chi connectivity index (χ0v) is 6.82. The molecule has 2 rings (SSSR count). The van der Waals surface area contributed by atoms with Crippen LogP contribution in [-0.4, -0.2) is 11.2 Å². The highest BCUT2D eigenvalue weighted by molar-refractivity contribution is 5.51. The van der Waals surface area contributed by atoms with Crippen LogP contribution >= 0.6 is 0 Å². The van der Waals surface area contributed by atoms with Crippen LogP contribution in [0.3, 0.4) is 0 Å². The van der Waals surface area contributed by atoms with Gasteiger partial charge in [0.2, 0.25) is 5.95 Å². The molecule has 0 saturated heterocycles. The molecule has 0 fully saturated rings. The molecule has 74 valence electrons. The van der Waals surface area contributed by atoms with E-state index >= 15 is 0 Å². The van der Waals surface area contributed by atoms with Crippen molar-refractivity contribution in [2.45, 2.75) is 6.23 Å². The zero-order chi connectivity index (χ0) is 10.2. The van der Waals surface area contributed by atoms with Gasteiger partial charge in [0.1, 0.15) is 6.26 Å². The van der Waals surface area contributed by atoms with Gasteiger partial charge < -0.3 is 4.74 Å². The topological polar surface area (TPSA) is 25.4 Å². The van der Waals surface area contributed by atoms with Gasteiger partial charge in [0.15, 0.2) is 0 Å². The summed E-state index contributed by atoms with van der Waals surface area (Å²) in [5, 5.41) is 0. The molecule has 0 radical (unpaired) electrons. The van der Waals surface area contributed by atoms with Crippen LogP contribution in [0.25, 0.3) is 0 Å². The summed E-state index contributed by atoms with van der Waals surface area (Å²) in [6.45, 7) is 0. The van der Waals surface area contributed by atoms with Gasteiger partial charge in [-0.3, -0.25) is 4.98 Å². The SMILES string of the molecule is FC1=COC(F)(F)N1c1ccncc1. The lowest BCUT2D eigenvalue weighted by Gasteiger charge is -2.22. The number of ether oxygens (including phenoxy) is 1. The first kappa shape index (κ1) is 8.86. The lowest BCUT2D eigenvalue weighted by atomic mass is 10.4. The number of rotatable bonds is 1. The monoisotopic (exact) mass is 202 g/mol. The summed E-state index contributed by atoms with van der Waals surface area (Å²) in [4.78, 5) is 3.78. The highest BCUT2D eigenvalue weighted by atomic mass is 19.3. The van der Waals surface area contributed by atoms with Crippen molar-refractivity contribution in [3.05, 3.63) is 36.7 Å². The normalized spacial score (nSPS) is 19.1. The molecule has 0 saturated carbocycles. The molecule has 1 aliphatic heterocycles. The number of alkyl halides is 2. The minimum atomic E-state index is -3.68. The quantitative estimate of drug-likeness (QED) is 0.653. The second kappa shape index (κ2) is 2.90. The summed E-state index contributed by atoms with van der Waals surface area (Å²) in [6, 6.07) is 2.52. The minimum absolute atomic E-state index is 0.0174. The smallest absolute Gasteiger partial charge is 0.418 e. The van der Waals surface area contributed by atoms with Crippen molar-refractivity contribution in [1.82, 2.24) is 4.98 Å². The van der Waals surface area contributed by atoms with Crippen LogP contribution in [0, 0.1) is 0 Å².